The first kappa shape index (κ1) is 20.6. The molecule has 0 bridgehead atoms. The molecule has 1 fully saturated rings. The maximum atomic E-state index is 12.9. The van der Waals surface area contributed by atoms with Crippen molar-refractivity contribution < 1.29 is 13.2 Å². The second kappa shape index (κ2) is 8.11. The molecule has 0 atom stereocenters. The van der Waals surface area contributed by atoms with Crippen LogP contribution >= 0.6 is 11.6 Å². The second-order valence-corrected chi connectivity index (χ2v) is 9.37. The summed E-state index contributed by atoms with van der Waals surface area (Å²) in [4.78, 5) is 14.4. The van der Waals surface area contributed by atoms with Gasteiger partial charge in [0.05, 0.1) is 4.90 Å². The van der Waals surface area contributed by atoms with Crippen molar-refractivity contribution in [1.82, 2.24) is 9.21 Å². The van der Waals surface area contributed by atoms with Gasteiger partial charge in [-0.3, -0.25) is 0 Å². The maximum absolute atomic E-state index is 12.9. The molecule has 2 aromatic rings. The Morgan fingerprint density at radius 3 is 2.25 bits per heavy atom. The Balaban J connectivity index is 1.64. The fourth-order valence-electron chi connectivity index (χ4n) is 3.23. The van der Waals surface area contributed by atoms with Crippen LogP contribution in [-0.2, 0) is 10.0 Å². The minimum Gasteiger partial charge on any atom is -0.322 e. The second-order valence-electron chi connectivity index (χ2n) is 7.05. The van der Waals surface area contributed by atoms with Crippen LogP contribution in [0.3, 0.4) is 0 Å². The van der Waals surface area contributed by atoms with E-state index in [1.807, 2.05) is 26.0 Å². The van der Waals surface area contributed by atoms with E-state index in [-0.39, 0.29) is 19.1 Å². The summed E-state index contributed by atoms with van der Waals surface area (Å²) in [5.41, 5.74) is 3.31. The molecule has 0 saturated carbocycles. The van der Waals surface area contributed by atoms with E-state index in [0.717, 1.165) is 16.7 Å². The number of hydrogen-bond acceptors (Lipinski definition) is 3. The van der Waals surface area contributed by atoms with Crippen LogP contribution in [-0.4, -0.2) is 49.8 Å². The number of anilines is 1. The highest BCUT2D eigenvalue weighted by molar-refractivity contribution is 7.89. The van der Waals surface area contributed by atoms with Crippen molar-refractivity contribution in [1.29, 1.82) is 0 Å². The van der Waals surface area contributed by atoms with Crippen molar-refractivity contribution >= 4 is 33.3 Å². The molecule has 1 heterocycles. The van der Waals surface area contributed by atoms with Gasteiger partial charge in [-0.2, -0.15) is 4.31 Å². The molecule has 3 rings (SSSR count). The van der Waals surface area contributed by atoms with E-state index in [9.17, 15) is 13.2 Å². The van der Waals surface area contributed by atoms with Crippen LogP contribution in [0, 0.1) is 20.8 Å². The van der Waals surface area contributed by atoms with Gasteiger partial charge in [-0.15, -0.1) is 0 Å². The Morgan fingerprint density at radius 1 is 0.964 bits per heavy atom. The van der Waals surface area contributed by atoms with Gasteiger partial charge in [0, 0.05) is 36.9 Å². The van der Waals surface area contributed by atoms with Crippen molar-refractivity contribution in [3.63, 3.8) is 0 Å². The Bertz CT molecular complexity index is 1000. The fraction of sp³-hybridized carbons (Fsp3) is 0.350. The molecule has 2 amide bonds. The molecule has 0 unspecified atom stereocenters. The number of aryl methyl sites for hydroxylation is 3. The Kier molecular flexibility index (Phi) is 5.98. The highest BCUT2D eigenvalue weighted by Crippen LogP contribution is 2.23. The van der Waals surface area contributed by atoms with E-state index >= 15 is 0 Å². The van der Waals surface area contributed by atoms with Gasteiger partial charge in [-0.25, -0.2) is 13.2 Å². The normalized spacial score (nSPS) is 15.5. The molecule has 0 aliphatic carbocycles. The number of halogens is 1. The molecule has 0 aromatic heterocycles. The third kappa shape index (κ3) is 4.32. The number of sulfonamides is 1. The van der Waals surface area contributed by atoms with E-state index in [0.29, 0.717) is 28.7 Å². The number of carbonyl (C=O) groups excluding carboxylic acids is 1. The van der Waals surface area contributed by atoms with Gasteiger partial charge in [-0.05, 0) is 50.1 Å². The molecular formula is C20H24ClN3O3S. The third-order valence-electron chi connectivity index (χ3n) is 4.90. The summed E-state index contributed by atoms with van der Waals surface area (Å²) < 4.78 is 27.3. The first-order valence-electron chi connectivity index (χ1n) is 9.08. The van der Waals surface area contributed by atoms with Crippen LogP contribution in [0.4, 0.5) is 10.5 Å². The lowest BCUT2D eigenvalue weighted by Crippen LogP contribution is -2.51. The summed E-state index contributed by atoms with van der Waals surface area (Å²) in [7, 11) is -3.57. The zero-order valence-corrected chi connectivity index (χ0v) is 17.8. The van der Waals surface area contributed by atoms with Crippen LogP contribution in [0.5, 0.6) is 0 Å². The summed E-state index contributed by atoms with van der Waals surface area (Å²) >= 11 is 6.09. The number of piperazine rings is 1. The molecule has 2 aromatic carbocycles. The summed E-state index contributed by atoms with van der Waals surface area (Å²) in [6, 6.07) is 10.4. The van der Waals surface area contributed by atoms with Gasteiger partial charge in [0.1, 0.15) is 0 Å². The monoisotopic (exact) mass is 421 g/mol. The lowest BCUT2D eigenvalue weighted by Gasteiger charge is -2.34. The summed E-state index contributed by atoms with van der Waals surface area (Å²) in [6.45, 7) is 6.81. The summed E-state index contributed by atoms with van der Waals surface area (Å²) in [5.74, 6) is 0. The number of hydrogen-bond donors (Lipinski definition) is 1. The standard InChI is InChI=1S/C20H24ClN3O3S/c1-14-4-7-19(16(3)12-14)28(26,27)24-10-8-23(9-11-24)20(25)22-17-6-5-15(2)18(21)13-17/h4-7,12-13H,8-11H2,1-3H3,(H,22,25). The molecule has 1 aliphatic rings. The Labute approximate surface area is 171 Å². The number of urea groups is 1. The van der Waals surface area contributed by atoms with E-state index in [2.05, 4.69) is 5.32 Å². The zero-order chi connectivity index (χ0) is 20.5. The van der Waals surface area contributed by atoms with Crippen molar-refractivity contribution in [2.75, 3.05) is 31.5 Å². The highest BCUT2D eigenvalue weighted by atomic mass is 35.5. The van der Waals surface area contributed by atoms with Gasteiger partial charge in [-0.1, -0.05) is 35.4 Å². The minimum atomic E-state index is -3.57. The van der Waals surface area contributed by atoms with Crippen LogP contribution in [0.15, 0.2) is 41.3 Å². The topological polar surface area (TPSA) is 69.7 Å². The first-order valence-corrected chi connectivity index (χ1v) is 10.9. The molecule has 1 aliphatic heterocycles. The maximum Gasteiger partial charge on any atom is 0.321 e. The molecule has 0 radical (unpaired) electrons. The quantitative estimate of drug-likeness (QED) is 0.819. The number of rotatable bonds is 3. The predicted molar refractivity (Wildman–Crippen MR) is 111 cm³/mol. The predicted octanol–water partition coefficient (Wildman–Crippen LogP) is 3.80. The molecule has 1 N–H and O–H groups in total. The van der Waals surface area contributed by atoms with E-state index in [1.165, 1.54) is 4.31 Å². The smallest absolute Gasteiger partial charge is 0.321 e. The van der Waals surface area contributed by atoms with Crippen molar-refractivity contribution in [2.24, 2.45) is 0 Å². The number of nitrogens with one attached hydrogen (secondary N) is 1. The van der Waals surface area contributed by atoms with Gasteiger partial charge >= 0.3 is 6.03 Å². The largest absolute Gasteiger partial charge is 0.322 e. The lowest BCUT2D eigenvalue weighted by molar-refractivity contribution is 0.184. The number of carbonyl (C=O) groups is 1. The van der Waals surface area contributed by atoms with Gasteiger partial charge in [0.25, 0.3) is 0 Å². The first-order chi connectivity index (χ1) is 13.2. The molecule has 1 saturated heterocycles. The lowest BCUT2D eigenvalue weighted by atomic mass is 10.2. The third-order valence-corrected chi connectivity index (χ3v) is 7.36. The average molecular weight is 422 g/mol. The van der Waals surface area contributed by atoms with Gasteiger partial charge in [0.15, 0.2) is 0 Å². The van der Waals surface area contributed by atoms with Crippen molar-refractivity contribution in [3.8, 4) is 0 Å². The SMILES string of the molecule is Cc1ccc(S(=O)(=O)N2CCN(C(=O)Nc3ccc(C)c(Cl)c3)CC2)c(C)c1. The number of benzene rings is 2. The van der Waals surface area contributed by atoms with E-state index < -0.39 is 10.0 Å². The van der Waals surface area contributed by atoms with Crippen LogP contribution < -0.4 is 5.32 Å². The Hall–Kier alpha value is -2.09. The molecule has 28 heavy (non-hydrogen) atoms. The molecular weight excluding hydrogens is 398 g/mol. The average Bonchev–Trinajstić information content (AvgIpc) is 2.64. The van der Waals surface area contributed by atoms with Crippen LogP contribution in [0.25, 0.3) is 0 Å². The van der Waals surface area contributed by atoms with Crippen molar-refractivity contribution in [3.05, 3.63) is 58.1 Å². The highest BCUT2D eigenvalue weighted by Gasteiger charge is 2.31. The summed E-state index contributed by atoms with van der Waals surface area (Å²) in [5, 5.41) is 3.40. The molecule has 6 nitrogen and oxygen atoms in total. The van der Waals surface area contributed by atoms with E-state index in [4.69, 9.17) is 11.6 Å². The van der Waals surface area contributed by atoms with E-state index in [1.54, 1.807) is 36.1 Å². The van der Waals surface area contributed by atoms with Crippen LogP contribution in [0.1, 0.15) is 16.7 Å². The molecule has 8 heteroatoms. The molecule has 150 valence electrons. The number of nitrogens with zero attached hydrogens (tertiary/aromatic N) is 2. The van der Waals surface area contributed by atoms with Crippen LogP contribution in [0.2, 0.25) is 5.02 Å². The zero-order valence-electron chi connectivity index (χ0n) is 16.2. The Morgan fingerprint density at radius 2 is 1.64 bits per heavy atom. The van der Waals surface area contributed by atoms with Gasteiger partial charge in [0.2, 0.25) is 10.0 Å². The van der Waals surface area contributed by atoms with Crippen molar-refractivity contribution in [2.45, 2.75) is 25.7 Å². The molecule has 0 spiro atoms. The minimum absolute atomic E-state index is 0.261. The summed E-state index contributed by atoms with van der Waals surface area (Å²) in [6.07, 6.45) is 0. The fourth-order valence-corrected chi connectivity index (χ4v) is 5.04. The number of amides is 2. The van der Waals surface area contributed by atoms with Gasteiger partial charge < -0.3 is 10.2 Å².